The first-order valence-corrected chi connectivity index (χ1v) is 6.66. The summed E-state index contributed by atoms with van der Waals surface area (Å²) in [6.45, 7) is 1.62. The lowest BCUT2D eigenvalue weighted by Crippen LogP contribution is -2.11. The van der Waals surface area contributed by atoms with Gasteiger partial charge in [0.05, 0.1) is 18.1 Å². The Morgan fingerprint density at radius 1 is 1.55 bits per heavy atom. The maximum absolute atomic E-state index is 12.1. The average Bonchev–Trinajstić information content (AvgIpc) is 2.97. The molecule has 0 spiro atoms. The number of carboxylic acids is 1. The Kier molecular flexibility index (Phi) is 2.90. The third kappa shape index (κ3) is 2.01. The van der Waals surface area contributed by atoms with Gasteiger partial charge in [0.2, 0.25) is 0 Å². The van der Waals surface area contributed by atoms with Gasteiger partial charge in [-0.1, -0.05) is 0 Å². The Morgan fingerprint density at radius 3 is 3.00 bits per heavy atom. The molecular weight excluding hydrogens is 280 g/mol. The molecule has 0 unspecified atom stereocenters. The van der Waals surface area contributed by atoms with Gasteiger partial charge in [0.25, 0.3) is 5.56 Å². The number of carboxylic acid groups (broad SMARTS) is 1. The summed E-state index contributed by atoms with van der Waals surface area (Å²) in [7, 11) is 0. The highest BCUT2D eigenvalue weighted by Gasteiger charge is 2.18. The minimum atomic E-state index is -1.04. The molecule has 0 aromatic carbocycles. The molecule has 2 N–H and O–H groups in total. The molecule has 0 atom stereocenters. The van der Waals surface area contributed by atoms with Crippen LogP contribution in [0.1, 0.15) is 26.8 Å². The normalized spacial score (nSPS) is 11.1. The van der Waals surface area contributed by atoms with Crippen molar-refractivity contribution in [3.8, 4) is 0 Å². The fourth-order valence-corrected chi connectivity index (χ4v) is 3.09. The van der Waals surface area contributed by atoms with Crippen LogP contribution in [-0.4, -0.2) is 21.0 Å². The fourth-order valence-electron chi connectivity index (χ4n) is 2.05. The molecule has 0 aliphatic rings. The maximum Gasteiger partial charge on any atom is 0.346 e. The van der Waals surface area contributed by atoms with E-state index in [1.54, 1.807) is 25.3 Å². The van der Waals surface area contributed by atoms with E-state index in [1.165, 1.54) is 0 Å². The molecule has 0 aliphatic carbocycles. The van der Waals surface area contributed by atoms with Crippen LogP contribution in [0, 0.1) is 6.92 Å². The molecule has 6 nitrogen and oxygen atoms in total. The molecule has 0 saturated carbocycles. The average molecular weight is 290 g/mol. The van der Waals surface area contributed by atoms with Gasteiger partial charge in [-0.05, 0) is 24.6 Å². The number of aromatic nitrogens is 2. The molecule has 0 amide bonds. The topological polar surface area (TPSA) is 96.2 Å². The van der Waals surface area contributed by atoms with Crippen LogP contribution in [0.5, 0.6) is 0 Å². The van der Waals surface area contributed by atoms with E-state index in [2.05, 4.69) is 9.97 Å². The van der Waals surface area contributed by atoms with Crippen LogP contribution in [0.2, 0.25) is 0 Å². The van der Waals surface area contributed by atoms with Crippen LogP contribution in [0.4, 0.5) is 0 Å². The number of hydrogen-bond donors (Lipinski definition) is 2. The lowest BCUT2D eigenvalue weighted by molar-refractivity contribution is 0.0701. The van der Waals surface area contributed by atoms with Crippen LogP contribution < -0.4 is 5.56 Å². The van der Waals surface area contributed by atoms with Gasteiger partial charge in [-0.25, -0.2) is 9.78 Å². The van der Waals surface area contributed by atoms with Crippen molar-refractivity contribution in [2.45, 2.75) is 13.3 Å². The Bertz CT molecular complexity index is 845. The molecule has 0 radical (unpaired) electrons. The second-order valence-corrected chi connectivity index (χ2v) is 5.31. The van der Waals surface area contributed by atoms with Crippen molar-refractivity contribution < 1.29 is 14.3 Å². The van der Waals surface area contributed by atoms with Crippen molar-refractivity contribution in [1.29, 1.82) is 0 Å². The second-order valence-electron chi connectivity index (χ2n) is 4.31. The summed E-state index contributed by atoms with van der Waals surface area (Å²) in [4.78, 5) is 30.7. The lowest BCUT2D eigenvalue weighted by atomic mass is 10.2. The maximum atomic E-state index is 12.1. The molecule has 3 aromatic rings. The minimum Gasteiger partial charge on any atom is -0.477 e. The van der Waals surface area contributed by atoms with Crippen LogP contribution in [0.25, 0.3) is 10.2 Å². The van der Waals surface area contributed by atoms with E-state index in [0.717, 1.165) is 11.3 Å². The molecular formula is C13H10N2O4S. The molecule has 3 rings (SSSR count). The van der Waals surface area contributed by atoms with E-state index in [4.69, 9.17) is 9.52 Å². The number of aromatic amines is 1. The fraction of sp³-hybridized carbons (Fsp3) is 0.154. The van der Waals surface area contributed by atoms with E-state index >= 15 is 0 Å². The zero-order valence-corrected chi connectivity index (χ0v) is 11.3. The van der Waals surface area contributed by atoms with Gasteiger partial charge in [-0.3, -0.25) is 4.79 Å². The lowest BCUT2D eigenvalue weighted by Gasteiger charge is -1.98. The molecule has 0 fully saturated rings. The van der Waals surface area contributed by atoms with Crippen molar-refractivity contribution >= 4 is 27.5 Å². The van der Waals surface area contributed by atoms with Crippen LogP contribution >= 0.6 is 11.3 Å². The van der Waals surface area contributed by atoms with Gasteiger partial charge in [-0.2, -0.15) is 0 Å². The highest BCUT2D eigenvalue weighted by molar-refractivity contribution is 7.20. The molecule has 0 saturated heterocycles. The smallest absolute Gasteiger partial charge is 0.346 e. The summed E-state index contributed by atoms with van der Waals surface area (Å²) in [5.74, 6) is 0.0901. The van der Waals surface area contributed by atoms with Gasteiger partial charge in [0, 0.05) is 0 Å². The number of carbonyl (C=O) groups is 1. The van der Waals surface area contributed by atoms with Gasteiger partial charge >= 0.3 is 5.97 Å². The highest BCUT2D eigenvalue weighted by Crippen LogP contribution is 2.27. The van der Waals surface area contributed by atoms with E-state index in [9.17, 15) is 9.59 Å². The monoisotopic (exact) mass is 290 g/mol. The zero-order valence-electron chi connectivity index (χ0n) is 10.5. The Labute approximate surface area is 116 Å². The quantitative estimate of drug-likeness (QED) is 0.770. The molecule has 3 aromatic heterocycles. The Balaban J connectivity index is 2.14. The highest BCUT2D eigenvalue weighted by atomic mass is 32.1. The predicted octanol–water partition coefficient (Wildman–Crippen LogP) is 2.18. The van der Waals surface area contributed by atoms with E-state index in [1.807, 2.05) is 0 Å². The summed E-state index contributed by atoms with van der Waals surface area (Å²) < 4.78 is 5.20. The standard InChI is InChI=1S/C13H10N2O4S/c1-6-9-11(16)14-8(5-7-3-2-4-19-7)15-12(9)20-10(6)13(17)18/h2-4H,5H2,1H3,(H,17,18)(H,14,15,16). The molecule has 0 bridgehead atoms. The van der Waals surface area contributed by atoms with E-state index in [0.29, 0.717) is 33.8 Å². The van der Waals surface area contributed by atoms with Crippen molar-refractivity contribution in [1.82, 2.24) is 9.97 Å². The number of nitrogens with zero attached hydrogens (tertiary/aromatic N) is 1. The van der Waals surface area contributed by atoms with Gasteiger partial charge in [0.15, 0.2) is 0 Å². The number of rotatable bonds is 3. The summed E-state index contributed by atoms with van der Waals surface area (Å²) in [5, 5.41) is 9.43. The number of nitrogens with one attached hydrogen (secondary N) is 1. The number of H-pyrrole nitrogens is 1. The van der Waals surface area contributed by atoms with Gasteiger partial charge in [-0.15, -0.1) is 11.3 Å². The summed E-state index contributed by atoms with van der Waals surface area (Å²) >= 11 is 1.01. The zero-order chi connectivity index (χ0) is 14.3. The van der Waals surface area contributed by atoms with Gasteiger partial charge in [0.1, 0.15) is 21.3 Å². The van der Waals surface area contributed by atoms with Crippen molar-refractivity contribution in [2.24, 2.45) is 0 Å². The number of furan rings is 1. The van der Waals surface area contributed by atoms with E-state index < -0.39 is 5.97 Å². The Morgan fingerprint density at radius 2 is 2.35 bits per heavy atom. The second kappa shape index (κ2) is 4.61. The number of thiophene rings is 1. The first-order valence-electron chi connectivity index (χ1n) is 5.84. The first kappa shape index (κ1) is 12.6. The van der Waals surface area contributed by atoms with Crippen molar-refractivity contribution in [2.75, 3.05) is 0 Å². The largest absolute Gasteiger partial charge is 0.477 e. The van der Waals surface area contributed by atoms with Gasteiger partial charge < -0.3 is 14.5 Å². The van der Waals surface area contributed by atoms with E-state index in [-0.39, 0.29) is 10.4 Å². The summed E-state index contributed by atoms with van der Waals surface area (Å²) in [6, 6.07) is 3.54. The van der Waals surface area contributed by atoms with Crippen molar-refractivity contribution in [3.63, 3.8) is 0 Å². The third-order valence-electron chi connectivity index (χ3n) is 2.97. The molecule has 102 valence electrons. The summed E-state index contributed by atoms with van der Waals surface area (Å²) in [6.07, 6.45) is 1.90. The predicted molar refractivity (Wildman–Crippen MR) is 73.5 cm³/mol. The Hall–Kier alpha value is -2.41. The SMILES string of the molecule is Cc1c(C(=O)O)sc2nc(Cc3ccco3)[nH]c(=O)c12. The van der Waals surface area contributed by atoms with Crippen LogP contribution in [-0.2, 0) is 6.42 Å². The number of aromatic carboxylic acids is 1. The first-order chi connectivity index (χ1) is 9.56. The molecule has 0 aliphatic heterocycles. The third-order valence-corrected chi connectivity index (χ3v) is 4.14. The minimum absolute atomic E-state index is 0.146. The number of aryl methyl sites for hydroxylation is 1. The number of fused-ring (bicyclic) bond motifs is 1. The van der Waals surface area contributed by atoms with Crippen LogP contribution in [0.15, 0.2) is 27.6 Å². The molecule has 3 heterocycles. The number of hydrogen-bond acceptors (Lipinski definition) is 5. The summed E-state index contributed by atoms with van der Waals surface area (Å²) in [5.41, 5.74) is 0.133. The molecule has 7 heteroatoms. The van der Waals surface area contributed by atoms with Crippen LogP contribution in [0.3, 0.4) is 0 Å². The van der Waals surface area contributed by atoms with Crippen molar-refractivity contribution in [3.05, 3.63) is 50.8 Å². The molecule has 20 heavy (non-hydrogen) atoms.